The fourth-order valence-electron chi connectivity index (χ4n) is 3.25. The van der Waals surface area contributed by atoms with Gasteiger partial charge in [0, 0.05) is 0 Å². The lowest BCUT2D eigenvalue weighted by Crippen LogP contribution is -2.14. The monoisotopic (exact) mass is 220 g/mol. The Kier molecular flexibility index (Phi) is 3.00. The third-order valence-corrected chi connectivity index (χ3v) is 4.44. The first-order valence-electron chi connectivity index (χ1n) is 6.44. The fraction of sp³-hybridized carbons (Fsp3) is 0.733. The summed E-state index contributed by atoms with van der Waals surface area (Å²) >= 11 is 0. The molecule has 0 aromatic rings. The second-order valence-corrected chi connectivity index (χ2v) is 6.25. The Labute approximate surface area is 99.3 Å². The first-order chi connectivity index (χ1) is 7.43. The van der Waals surface area contributed by atoms with Crippen molar-refractivity contribution in [2.24, 2.45) is 17.3 Å². The van der Waals surface area contributed by atoms with Crippen molar-refractivity contribution < 1.29 is 5.11 Å². The molecule has 2 aliphatic carbocycles. The number of fused-ring (bicyclic) bond motifs is 1. The average Bonchev–Trinajstić information content (AvgIpc) is 2.67. The van der Waals surface area contributed by atoms with Crippen molar-refractivity contribution in [1.29, 1.82) is 0 Å². The van der Waals surface area contributed by atoms with E-state index < -0.39 is 0 Å². The van der Waals surface area contributed by atoms with Crippen molar-refractivity contribution in [2.75, 3.05) is 0 Å². The largest absolute Gasteiger partial charge is 0.392 e. The zero-order valence-corrected chi connectivity index (χ0v) is 11.0. The van der Waals surface area contributed by atoms with Crippen LogP contribution in [0.2, 0.25) is 0 Å². The van der Waals surface area contributed by atoms with Gasteiger partial charge >= 0.3 is 0 Å². The molecule has 0 heterocycles. The minimum absolute atomic E-state index is 0.154. The third kappa shape index (κ3) is 2.10. The smallest absolute Gasteiger partial charge is 0.0616 e. The fourth-order valence-corrected chi connectivity index (χ4v) is 3.25. The summed E-state index contributed by atoms with van der Waals surface area (Å²) in [5.41, 5.74) is 3.13. The highest BCUT2D eigenvalue weighted by atomic mass is 16.3. The number of aliphatic hydroxyl groups excluding tert-OH is 1. The molecule has 90 valence electrons. The van der Waals surface area contributed by atoms with E-state index in [2.05, 4.69) is 39.8 Å². The van der Waals surface area contributed by atoms with Gasteiger partial charge in [0.25, 0.3) is 0 Å². The quantitative estimate of drug-likeness (QED) is 0.617. The summed E-state index contributed by atoms with van der Waals surface area (Å²) in [6, 6.07) is 0. The van der Waals surface area contributed by atoms with E-state index in [0.29, 0.717) is 17.3 Å². The summed E-state index contributed by atoms with van der Waals surface area (Å²) in [5.74, 6) is 1.05. The lowest BCUT2D eigenvalue weighted by atomic mass is 9.99. The average molecular weight is 220 g/mol. The SMILES string of the molecule is C/C1=C/C2C([C@@H](O)C/C(C)=C\CC1)C2(C)C. The Morgan fingerprint density at radius 1 is 1.25 bits per heavy atom. The maximum atomic E-state index is 10.3. The van der Waals surface area contributed by atoms with Crippen molar-refractivity contribution in [2.45, 2.75) is 53.1 Å². The van der Waals surface area contributed by atoms with Crippen molar-refractivity contribution >= 4 is 0 Å². The molecular formula is C15H24O. The Hall–Kier alpha value is -0.560. The van der Waals surface area contributed by atoms with Gasteiger partial charge in [-0.05, 0) is 50.4 Å². The van der Waals surface area contributed by atoms with Gasteiger partial charge in [0.15, 0.2) is 0 Å². The molecule has 2 aliphatic rings. The van der Waals surface area contributed by atoms with Crippen LogP contribution in [0.3, 0.4) is 0 Å². The highest BCUT2D eigenvalue weighted by molar-refractivity contribution is 5.22. The minimum atomic E-state index is -0.154. The topological polar surface area (TPSA) is 20.2 Å². The number of hydrogen-bond donors (Lipinski definition) is 1. The van der Waals surface area contributed by atoms with Gasteiger partial charge in [-0.2, -0.15) is 0 Å². The molecule has 1 N–H and O–H groups in total. The van der Waals surface area contributed by atoms with Crippen LogP contribution < -0.4 is 0 Å². The van der Waals surface area contributed by atoms with E-state index in [4.69, 9.17) is 0 Å². The molecule has 0 amide bonds. The van der Waals surface area contributed by atoms with E-state index in [1.165, 1.54) is 17.6 Å². The molecule has 0 aromatic heterocycles. The zero-order chi connectivity index (χ0) is 11.9. The van der Waals surface area contributed by atoms with E-state index in [1.54, 1.807) is 0 Å². The van der Waals surface area contributed by atoms with E-state index >= 15 is 0 Å². The Bertz CT molecular complexity index is 335. The molecule has 2 rings (SSSR count). The Balaban J connectivity index is 2.22. The number of rotatable bonds is 0. The molecule has 0 bridgehead atoms. The molecule has 0 spiro atoms. The van der Waals surface area contributed by atoms with Gasteiger partial charge in [0.05, 0.1) is 6.10 Å². The molecule has 0 radical (unpaired) electrons. The van der Waals surface area contributed by atoms with E-state index in [-0.39, 0.29) is 6.10 Å². The molecule has 0 aromatic carbocycles. The van der Waals surface area contributed by atoms with Crippen LogP contribution in [0.25, 0.3) is 0 Å². The zero-order valence-electron chi connectivity index (χ0n) is 11.0. The molecule has 2 unspecified atom stereocenters. The molecule has 0 saturated heterocycles. The van der Waals surface area contributed by atoms with E-state index in [0.717, 1.165) is 12.8 Å². The first-order valence-corrected chi connectivity index (χ1v) is 6.44. The predicted octanol–water partition coefficient (Wildman–Crippen LogP) is 3.70. The lowest BCUT2D eigenvalue weighted by Gasteiger charge is -2.13. The molecule has 1 heteroatoms. The van der Waals surface area contributed by atoms with Crippen LogP contribution in [0.15, 0.2) is 23.3 Å². The standard InChI is InChI=1S/C15H24O/c1-10-6-5-7-11(2)9-13(16)14-12(8-10)15(14,3)4/h7-8,12-14,16H,5-6,9H2,1-4H3/b10-8-,11-7-/t12?,13-,14?/m0/s1. The van der Waals surface area contributed by atoms with Gasteiger partial charge in [-0.1, -0.05) is 37.1 Å². The molecule has 0 aliphatic heterocycles. The maximum Gasteiger partial charge on any atom is 0.0616 e. The van der Waals surface area contributed by atoms with Crippen LogP contribution >= 0.6 is 0 Å². The molecule has 16 heavy (non-hydrogen) atoms. The van der Waals surface area contributed by atoms with Gasteiger partial charge in [0.2, 0.25) is 0 Å². The molecule has 1 nitrogen and oxygen atoms in total. The van der Waals surface area contributed by atoms with Crippen LogP contribution in [0.1, 0.15) is 47.0 Å². The first kappa shape index (κ1) is 11.9. The van der Waals surface area contributed by atoms with Crippen molar-refractivity contribution in [3.8, 4) is 0 Å². The Morgan fingerprint density at radius 2 is 1.94 bits per heavy atom. The summed E-state index contributed by atoms with van der Waals surface area (Å²) in [6.07, 6.45) is 7.69. The maximum absolute atomic E-state index is 10.3. The second-order valence-electron chi connectivity index (χ2n) is 6.25. The van der Waals surface area contributed by atoms with Crippen molar-refractivity contribution in [1.82, 2.24) is 0 Å². The second kappa shape index (κ2) is 4.03. The lowest BCUT2D eigenvalue weighted by molar-refractivity contribution is 0.135. The Morgan fingerprint density at radius 3 is 2.62 bits per heavy atom. The highest BCUT2D eigenvalue weighted by Crippen LogP contribution is 2.61. The summed E-state index contributed by atoms with van der Waals surface area (Å²) in [7, 11) is 0. The summed E-state index contributed by atoms with van der Waals surface area (Å²) in [4.78, 5) is 0. The highest BCUT2D eigenvalue weighted by Gasteiger charge is 2.59. The molecule has 1 saturated carbocycles. The molecule has 3 atom stereocenters. The molecule has 1 fully saturated rings. The summed E-state index contributed by atoms with van der Waals surface area (Å²) in [6.45, 7) is 8.94. The number of allylic oxidation sites excluding steroid dienone is 3. The van der Waals surface area contributed by atoms with Crippen LogP contribution in [-0.4, -0.2) is 11.2 Å². The molecular weight excluding hydrogens is 196 g/mol. The minimum Gasteiger partial charge on any atom is -0.392 e. The number of hydrogen-bond acceptors (Lipinski definition) is 1. The van der Waals surface area contributed by atoms with Crippen LogP contribution in [0, 0.1) is 17.3 Å². The van der Waals surface area contributed by atoms with Crippen LogP contribution in [-0.2, 0) is 0 Å². The van der Waals surface area contributed by atoms with Gasteiger partial charge in [-0.15, -0.1) is 0 Å². The van der Waals surface area contributed by atoms with Gasteiger partial charge < -0.3 is 5.11 Å². The van der Waals surface area contributed by atoms with Gasteiger partial charge in [0.1, 0.15) is 0 Å². The van der Waals surface area contributed by atoms with E-state index in [9.17, 15) is 5.11 Å². The van der Waals surface area contributed by atoms with Crippen molar-refractivity contribution in [3.05, 3.63) is 23.3 Å². The predicted molar refractivity (Wildman–Crippen MR) is 68.1 cm³/mol. The number of aliphatic hydroxyl groups is 1. The summed E-state index contributed by atoms with van der Waals surface area (Å²) in [5, 5.41) is 10.3. The summed E-state index contributed by atoms with van der Waals surface area (Å²) < 4.78 is 0. The van der Waals surface area contributed by atoms with Gasteiger partial charge in [-0.25, -0.2) is 0 Å². The third-order valence-electron chi connectivity index (χ3n) is 4.44. The van der Waals surface area contributed by atoms with Crippen molar-refractivity contribution in [3.63, 3.8) is 0 Å². The van der Waals surface area contributed by atoms with Crippen LogP contribution in [0.4, 0.5) is 0 Å². The van der Waals surface area contributed by atoms with Crippen LogP contribution in [0.5, 0.6) is 0 Å². The van der Waals surface area contributed by atoms with Gasteiger partial charge in [-0.3, -0.25) is 0 Å². The van der Waals surface area contributed by atoms with E-state index in [1.807, 2.05) is 0 Å². The normalized spacial score (nSPS) is 44.7.